The number of halogens is 1. The van der Waals surface area contributed by atoms with Gasteiger partial charge >= 0.3 is 0 Å². The lowest BCUT2D eigenvalue weighted by atomic mass is 10.1. The second-order valence-corrected chi connectivity index (χ2v) is 5.49. The van der Waals surface area contributed by atoms with Gasteiger partial charge in [0.05, 0.1) is 0 Å². The van der Waals surface area contributed by atoms with E-state index in [1.165, 1.54) is 6.08 Å². The van der Waals surface area contributed by atoms with Crippen LogP contribution < -0.4 is 14.8 Å². The van der Waals surface area contributed by atoms with Gasteiger partial charge in [-0.1, -0.05) is 6.07 Å². The zero-order valence-corrected chi connectivity index (χ0v) is 13.3. The van der Waals surface area contributed by atoms with E-state index < -0.39 is 0 Å². The number of fused-ring (bicyclic) bond motifs is 1. The van der Waals surface area contributed by atoms with E-state index in [1.54, 1.807) is 18.2 Å². The van der Waals surface area contributed by atoms with Gasteiger partial charge in [0.2, 0.25) is 12.7 Å². The van der Waals surface area contributed by atoms with Crippen LogP contribution >= 0.6 is 15.9 Å². The smallest absolute Gasteiger partial charge is 0.244 e. The van der Waals surface area contributed by atoms with Crippen molar-refractivity contribution in [3.63, 3.8) is 0 Å². The molecule has 0 saturated carbocycles. The van der Waals surface area contributed by atoms with Crippen LogP contribution in [0, 0.1) is 0 Å². The molecule has 1 N–H and O–H groups in total. The van der Waals surface area contributed by atoms with E-state index in [0.29, 0.717) is 17.0 Å². The Kier molecular flexibility index (Phi) is 4.48. The SMILES string of the molecule is O=C(/C=C/c1ccc(Br)o1)NCCc1ccc2c(c1)OCO2. The highest BCUT2D eigenvalue weighted by Gasteiger charge is 2.12. The minimum absolute atomic E-state index is 0.159. The summed E-state index contributed by atoms with van der Waals surface area (Å²) in [6, 6.07) is 9.34. The number of furan rings is 1. The number of benzene rings is 1. The molecule has 0 atom stereocenters. The Balaban J connectivity index is 1.46. The van der Waals surface area contributed by atoms with Crippen molar-refractivity contribution in [3.05, 3.63) is 52.4 Å². The van der Waals surface area contributed by atoms with Crippen LogP contribution in [-0.4, -0.2) is 19.2 Å². The molecule has 0 unspecified atom stereocenters. The maximum atomic E-state index is 11.7. The molecule has 0 aliphatic carbocycles. The summed E-state index contributed by atoms with van der Waals surface area (Å²) >= 11 is 3.21. The van der Waals surface area contributed by atoms with Gasteiger partial charge in [-0.05, 0) is 58.3 Å². The number of hydrogen-bond acceptors (Lipinski definition) is 4. The average Bonchev–Trinajstić information content (AvgIpc) is 3.13. The van der Waals surface area contributed by atoms with Gasteiger partial charge in [0.25, 0.3) is 0 Å². The highest BCUT2D eigenvalue weighted by Crippen LogP contribution is 2.32. The standard InChI is InChI=1S/C16H14BrNO4/c17-15-5-2-12(22-15)3-6-16(19)18-8-7-11-1-4-13-14(9-11)21-10-20-13/h1-6,9H,7-8,10H2,(H,18,19)/b6-3+. The van der Waals surface area contributed by atoms with Crippen molar-refractivity contribution in [2.75, 3.05) is 13.3 Å². The summed E-state index contributed by atoms with van der Waals surface area (Å²) in [5.74, 6) is 1.98. The molecule has 0 spiro atoms. The molecule has 1 aliphatic heterocycles. The van der Waals surface area contributed by atoms with Crippen LogP contribution in [0.1, 0.15) is 11.3 Å². The molecular weight excluding hydrogens is 350 g/mol. The summed E-state index contributed by atoms with van der Waals surface area (Å²) in [5, 5.41) is 2.82. The summed E-state index contributed by atoms with van der Waals surface area (Å²) in [7, 11) is 0. The van der Waals surface area contributed by atoms with E-state index in [9.17, 15) is 4.79 Å². The van der Waals surface area contributed by atoms with Gasteiger partial charge in [-0.25, -0.2) is 0 Å². The van der Waals surface area contributed by atoms with Crippen LogP contribution in [0.25, 0.3) is 6.08 Å². The van der Waals surface area contributed by atoms with Crippen LogP contribution in [0.4, 0.5) is 0 Å². The summed E-state index contributed by atoms with van der Waals surface area (Å²) in [5.41, 5.74) is 1.09. The molecule has 1 aromatic carbocycles. The Hall–Kier alpha value is -2.21. The fourth-order valence-corrected chi connectivity index (χ4v) is 2.38. The van der Waals surface area contributed by atoms with Gasteiger partial charge in [0.1, 0.15) is 5.76 Å². The van der Waals surface area contributed by atoms with Crippen LogP contribution in [0.3, 0.4) is 0 Å². The quantitative estimate of drug-likeness (QED) is 0.829. The molecule has 0 bridgehead atoms. The van der Waals surface area contributed by atoms with Gasteiger partial charge in [-0.3, -0.25) is 4.79 Å². The number of carbonyl (C=O) groups excluding carboxylic acids is 1. The first kappa shape index (κ1) is 14.7. The van der Waals surface area contributed by atoms with Crippen LogP contribution in [0.2, 0.25) is 0 Å². The fourth-order valence-electron chi connectivity index (χ4n) is 2.06. The number of hydrogen-bond donors (Lipinski definition) is 1. The predicted octanol–water partition coefficient (Wildman–Crippen LogP) is 3.14. The van der Waals surface area contributed by atoms with E-state index in [2.05, 4.69) is 21.2 Å². The summed E-state index contributed by atoms with van der Waals surface area (Å²) in [4.78, 5) is 11.7. The normalized spacial score (nSPS) is 12.8. The molecule has 2 heterocycles. The fraction of sp³-hybridized carbons (Fsp3) is 0.188. The van der Waals surface area contributed by atoms with E-state index >= 15 is 0 Å². The predicted molar refractivity (Wildman–Crippen MR) is 84.7 cm³/mol. The molecule has 1 aromatic heterocycles. The minimum atomic E-state index is -0.159. The Morgan fingerprint density at radius 2 is 2.09 bits per heavy atom. The van der Waals surface area contributed by atoms with E-state index in [4.69, 9.17) is 13.9 Å². The number of rotatable bonds is 5. The zero-order valence-electron chi connectivity index (χ0n) is 11.7. The Labute approximate surface area is 136 Å². The van der Waals surface area contributed by atoms with E-state index in [-0.39, 0.29) is 12.7 Å². The van der Waals surface area contributed by atoms with Crippen LogP contribution in [0.15, 0.2) is 45.5 Å². The number of ether oxygens (including phenoxy) is 2. The minimum Gasteiger partial charge on any atom is -0.454 e. The Bertz CT molecular complexity index is 708. The molecule has 3 rings (SSSR count). The van der Waals surface area contributed by atoms with Crippen molar-refractivity contribution in [2.24, 2.45) is 0 Å². The lowest BCUT2D eigenvalue weighted by Crippen LogP contribution is -2.23. The van der Waals surface area contributed by atoms with Crippen molar-refractivity contribution in [3.8, 4) is 11.5 Å². The second-order valence-electron chi connectivity index (χ2n) is 4.70. The van der Waals surface area contributed by atoms with E-state index in [0.717, 1.165) is 23.5 Å². The maximum absolute atomic E-state index is 11.7. The molecule has 114 valence electrons. The largest absolute Gasteiger partial charge is 0.454 e. The molecule has 0 radical (unpaired) electrons. The first-order valence-electron chi connectivity index (χ1n) is 6.80. The number of nitrogens with one attached hydrogen (secondary N) is 1. The molecular formula is C16H14BrNO4. The molecule has 2 aromatic rings. The third-order valence-electron chi connectivity index (χ3n) is 3.14. The lowest BCUT2D eigenvalue weighted by molar-refractivity contribution is -0.116. The van der Waals surface area contributed by atoms with Gasteiger partial charge < -0.3 is 19.2 Å². The molecule has 1 amide bonds. The number of carbonyl (C=O) groups is 1. The van der Waals surface area contributed by atoms with Gasteiger partial charge in [0.15, 0.2) is 16.2 Å². The number of amides is 1. The van der Waals surface area contributed by atoms with Crippen molar-refractivity contribution in [1.29, 1.82) is 0 Å². The Morgan fingerprint density at radius 3 is 2.91 bits per heavy atom. The van der Waals surface area contributed by atoms with Gasteiger partial charge in [0, 0.05) is 12.6 Å². The molecule has 6 heteroatoms. The van der Waals surface area contributed by atoms with Crippen molar-refractivity contribution < 1.29 is 18.7 Å². The zero-order chi connectivity index (χ0) is 15.4. The highest BCUT2D eigenvalue weighted by molar-refractivity contribution is 9.10. The maximum Gasteiger partial charge on any atom is 0.244 e. The van der Waals surface area contributed by atoms with Gasteiger partial charge in [-0.15, -0.1) is 0 Å². The average molecular weight is 364 g/mol. The van der Waals surface area contributed by atoms with Crippen molar-refractivity contribution >= 4 is 27.9 Å². The monoisotopic (exact) mass is 363 g/mol. The van der Waals surface area contributed by atoms with Crippen molar-refractivity contribution in [2.45, 2.75) is 6.42 Å². The molecule has 5 nitrogen and oxygen atoms in total. The summed E-state index contributed by atoms with van der Waals surface area (Å²) < 4.78 is 16.5. The first-order chi connectivity index (χ1) is 10.7. The molecule has 1 aliphatic rings. The molecule has 22 heavy (non-hydrogen) atoms. The van der Waals surface area contributed by atoms with Crippen LogP contribution in [0.5, 0.6) is 11.5 Å². The van der Waals surface area contributed by atoms with E-state index in [1.807, 2.05) is 18.2 Å². The Morgan fingerprint density at radius 1 is 1.23 bits per heavy atom. The topological polar surface area (TPSA) is 60.7 Å². The third kappa shape index (κ3) is 3.71. The highest BCUT2D eigenvalue weighted by atomic mass is 79.9. The molecule has 0 saturated heterocycles. The summed E-state index contributed by atoms with van der Waals surface area (Å²) in [6.07, 6.45) is 3.80. The van der Waals surface area contributed by atoms with Gasteiger partial charge in [-0.2, -0.15) is 0 Å². The van der Waals surface area contributed by atoms with Crippen LogP contribution in [-0.2, 0) is 11.2 Å². The van der Waals surface area contributed by atoms with Crippen molar-refractivity contribution in [1.82, 2.24) is 5.32 Å². The summed E-state index contributed by atoms with van der Waals surface area (Å²) in [6.45, 7) is 0.813. The third-order valence-corrected chi connectivity index (χ3v) is 3.57. The first-order valence-corrected chi connectivity index (χ1v) is 7.60. The molecule has 0 fully saturated rings. The lowest BCUT2D eigenvalue weighted by Gasteiger charge is -2.04. The second kappa shape index (κ2) is 6.70.